The van der Waals surface area contributed by atoms with Crippen LogP contribution in [-0.2, 0) is 12.6 Å². The van der Waals surface area contributed by atoms with Crippen LogP contribution in [0.1, 0.15) is 36.1 Å². The number of aliphatic hydroxyl groups is 1. The number of rotatable bonds is 4. The Balaban J connectivity index is 3.24. The van der Waals surface area contributed by atoms with Crippen LogP contribution in [0.2, 0.25) is 0 Å². The van der Waals surface area contributed by atoms with E-state index >= 15 is 0 Å². The molecule has 0 heterocycles. The fraction of sp³-hybridized carbons (Fsp3) is 0.500. The summed E-state index contributed by atoms with van der Waals surface area (Å²) in [6.07, 6.45) is -3.90. The lowest BCUT2D eigenvalue weighted by Crippen LogP contribution is -2.15. The van der Waals surface area contributed by atoms with Gasteiger partial charge in [-0.2, -0.15) is 13.2 Å². The normalized spacial score (nSPS) is 13.8. The highest BCUT2D eigenvalue weighted by molar-refractivity contribution is 5.38. The Labute approximate surface area is 98.3 Å². The third-order valence-electron chi connectivity index (χ3n) is 2.59. The molecular formula is C12H16F3NO. The van der Waals surface area contributed by atoms with E-state index in [1.165, 1.54) is 6.07 Å². The van der Waals surface area contributed by atoms with Crippen LogP contribution in [-0.4, -0.2) is 11.7 Å². The summed E-state index contributed by atoms with van der Waals surface area (Å²) in [4.78, 5) is 0. The molecule has 96 valence electrons. The first-order chi connectivity index (χ1) is 7.88. The van der Waals surface area contributed by atoms with Gasteiger partial charge in [0.15, 0.2) is 0 Å². The highest BCUT2D eigenvalue weighted by atomic mass is 19.4. The molecule has 0 fully saturated rings. The standard InChI is InChI=1S/C12H16F3NO/c1-8(16)9-4-2-6-11(12(13,14)15)10(9)5-3-7-17/h2,4,6,8,17H,3,5,7,16H2,1H3/t8-/m1/s1. The van der Waals surface area contributed by atoms with Crippen LogP contribution in [0.15, 0.2) is 18.2 Å². The van der Waals surface area contributed by atoms with Gasteiger partial charge >= 0.3 is 6.18 Å². The molecule has 0 saturated heterocycles. The second-order valence-corrected chi connectivity index (χ2v) is 3.99. The van der Waals surface area contributed by atoms with Gasteiger partial charge in [0.2, 0.25) is 0 Å². The first-order valence-corrected chi connectivity index (χ1v) is 5.43. The molecule has 17 heavy (non-hydrogen) atoms. The first-order valence-electron chi connectivity index (χ1n) is 5.43. The zero-order valence-corrected chi connectivity index (χ0v) is 9.59. The van der Waals surface area contributed by atoms with E-state index in [1.54, 1.807) is 13.0 Å². The number of nitrogens with two attached hydrogens (primary N) is 1. The van der Waals surface area contributed by atoms with E-state index in [1.807, 2.05) is 0 Å². The van der Waals surface area contributed by atoms with Crippen molar-refractivity contribution in [2.45, 2.75) is 32.0 Å². The van der Waals surface area contributed by atoms with Crippen LogP contribution in [0.3, 0.4) is 0 Å². The predicted octanol–water partition coefficient (Wildman–Crippen LogP) is 2.65. The molecule has 0 aliphatic carbocycles. The van der Waals surface area contributed by atoms with Crippen LogP contribution in [0.4, 0.5) is 13.2 Å². The third kappa shape index (κ3) is 3.44. The summed E-state index contributed by atoms with van der Waals surface area (Å²) in [5, 5.41) is 8.74. The van der Waals surface area contributed by atoms with Crippen molar-refractivity contribution in [3.8, 4) is 0 Å². The molecule has 0 bridgehead atoms. The smallest absolute Gasteiger partial charge is 0.396 e. The fourth-order valence-electron chi connectivity index (χ4n) is 1.83. The van der Waals surface area contributed by atoms with Crippen LogP contribution in [0.5, 0.6) is 0 Å². The highest BCUT2D eigenvalue weighted by Crippen LogP contribution is 2.35. The summed E-state index contributed by atoms with van der Waals surface area (Å²) in [7, 11) is 0. The fourth-order valence-corrected chi connectivity index (χ4v) is 1.83. The summed E-state index contributed by atoms with van der Waals surface area (Å²) in [5.41, 5.74) is 5.71. The van der Waals surface area contributed by atoms with Gasteiger partial charge in [-0.15, -0.1) is 0 Å². The van der Waals surface area contributed by atoms with Crippen molar-refractivity contribution in [1.29, 1.82) is 0 Å². The van der Waals surface area contributed by atoms with Gasteiger partial charge in [0.1, 0.15) is 0 Å². The topological polar surface area (TPSA) is 46.2 Å². The van der Waals surface area contributed by atoms with E-state index in [0.717, 1.165) is 6.07 Å². The van der Waals surface area contributed by atoms with Crippen molar-refractivity contribution in [2.75, 3.05) is 6.61 Å². The van der Waals surface area contributed by atoms with Crippen molar-refractivity contribution < 1.29 is 18.3 Å². The Hall–Kier alpha value is -1.07. The van der Waals surface area contributed by atoms with Gasteiger partial charge in [0, 0.05) is 12.6 Å². The lowest BCUT2D eigenvalue weighted by atomic mass is 9.93. The SMILES string of the molecule is C[C@@H](N)c1cccc(C(F)(F)F)c1CCCO. The van der Waals surface area contributed by atoms with E-state index in [-0.39, 0.29) is 18.6 Å². The Morgan fingerprint density at radius 3 is 2.47 bits per heavy atom. The van der Waals surface area contributed by atoms with Gasteiger partial charge in [-0.3, -0.25) is 0 Å². The largest absolute Gasteiger partial charge is 0.416 e. The molecule has 0 unspecified atom stereocenters. The lowest BCUT2D eigenvalue weighted by molar-refractivity contribution is -0.138. The molecule has 0 aliphatic rings. The average molecular weight is 247 g/mol. The predicted molar refractivity (Wildman–Crippen MR) is 59.5 cm³/mol. The second kappa shape index (κ2) is 5.51. The van der Waals surface area contributed by atoms with Crippen molar-refractivity contribution in [3.63, 3.8) is 0 Å². The van der Waals surface area contributed by atoms with Crippen LogP contribution < -0.4 is 5.73 Å². The molecule has 1 rings (SSSR count). The lowest BCUT2D eigenvalue weighted by Gasteiger charge is -2.18. The molecule has 3 N–H and O–H groups in total. The van der Waals surface area contributed by atoms with E-state index < -0.39 is 17.8 Å². The van der Waals surface area contributed by atoms with Crippen LogP contribution in [0.25, 0.3) is 0 Å². The quantitative estimate of drug-likeness (QED) is 0.859. The minimum absolute atomic E-state index is 0.134. The summed E-state index contributed by atoms with van der Waals surface area (Å²) in [6.45, 7) is 1.52. The molecule has 1 atom stereocenters. The van der Waals surface area contributed by atoms with Crippen molar-refractivity contribution in [3.05, 3.63) is 34.9 Å². The Bertz CT molecular complexity index is 375. The van der Waals surface area contributed by atoms with Crippen molar-refractivity contribution >= 4 is 0 Å². The molecule has 1 aromatic rings. The van der Waals surface area contributed by atoms with Crippen molar-refractivity contribution in [1.82, 2.24) is 0 Å². The van der Waals surface area contributed by atoms with Gasteiger partial charge in [-0.25, -0.2) is 0 Å². The van der Waals surface area contributed by atoms with E-state index in [9.17, 15) is 13.2 Å². The highest BCUT2D eigenvalue weighted by Gasteiger charge is 2.34. The molecule has 0 radical (unpaired) electrons. The van der Waals surface area contributed by atoms with E-state index in [2.05, 4.69) is 0 Å². The molecule has 0 saturated carbocycles. The van der Waals surface area contributed by atoms with Gasteiger partial charge in [-0.1, -0.05) is 12.1 Å². The van der Waals surface area contributed by atoms with Gasteiger partial charge < -0.3 is 10.8 Å². The molecule has 0 aliphatic heterocycles. The number of aliphatic hydroxyl groups excluding tert-OH is 1. The summed E-state index contributed by atoms with van der Waals surface area (Å²) >= 11 is 0. The summed E-state index contributed by atoms with van der Waals surface area (Å²) < 4.78 is 38.4. The van der Waals surface area contributed by atoms with Crippen LogP contribution >= 0.6 is 0 Å². The molecule has 5 heteroatoms. The minimum Gasteiger partial charge on any atom is -0.396 e. The molecular weight excluding hydrogens is 231 g/mol. The number of halogens is 3. The maximum absolute atomic E-state index is 12.8. The van der Waals surface area contributed by atoms with Crippen LogP contribution in [0, 0.1) is 0 Å². The minimum atomic E-state index is -4.38. The zero-order valence-electron chi connectivity index (χ0n) is 9.59. The maximum Gasteiger partial charge on any atom is 0.416 e. The number of hydrogen-bond donors (Lipinski definition) is 2. The number of hydrogen-bond acceptors (Lipinski definition) is 2. The monoisotopic (exact) mass is 247 g/mol. The number of benzene rings is 1. The van der Waals surface area contributed by atoms with E-state index in [0.29, 0.717) is 12.0 Å². The van der Waals surface area contributed by atoms with Gasteiger partial charge in [0.25, 0.3) is 0 Å². The van der Waals surface area contributed by atoms with Gasteiger partial charge in [0.05, 0.1) is 5.56 Å². The molecule has 1 aromatic carbocycles. The molecule has 0 aromatic heterocycles. The van der Waals surface area contributed by atoms with Crippen molar-refractivity contribution in [2.24, 2.45) is 5.73 Å². The molecule has 0 amide bonds. The Morgan fingerprint density at radius 1 is 1.35 bits per heavy atom. The van der Waals surface area contributed by atoms with Gasteiger partial charge in [-0.05, 0) is 37.0 Å². The first kappa shape index (κ1) is 14.0. The summed E-state index contributed by atoms with van der Waals surface area (Å²) in [6, 6.07) is 3.57. The molecule has 0 spiro atoms. The summed E-state index contributed by atoms with van der Waals surface area (Å²) in [5.74, 6) is 0. The number of alkyl halides is 3. The Kier molecular flexibility index (Phi) is 4.54. The Morgan fingerprint density at radius 2 is 2.00 bits per heavy atom. The molecule has 2 nitrogen and oxygen atoms in total. The third-order valence-corrected chi connectivity index (χ3v) is 2.59. The maximum atomic E-state index is 12.8. The average Bonchev–Trinajstić information content (AvgIpc) is 2.24. The second-order valence-electron chi connectivity index (χ2n) is 3.99. The van der Waals surface area contributed by atoms with E-state index in [4.69, 9.17) is 10.8 Å². The zero-order chi connectivity index (χ0) is 13.1.